The molecule has 1 fully saturated rings. The minimum Gasteiger partial charge on any atom is -0.396 e. The maximum atomic E-state index is 12.0. The molecule has 0 aliphatic heterocycles. The number of hydrogen-bond donors (Lipinski definition) is 2. The van der Waals surface area contributed by atoms with Gasteiger partial charge in [-0.2, -0.15) is 0 Å². The van der Waals surface area contributed by atoms with Gasteiger partial charge >= 0.3 is 0 Å². The molecule has 0 spiro atoms. The van der Waals surface area contributed by atoms with E-state index in [1.807, 2.05) is 0 Å². The number of amides is 1. The van der Waals surface area contributed by atoms with E-state index < -0.39 is 0 Å². The van der Waals surface area contributed by atoms with Gasteiger partial charge in [0.25, 0.3) is 0 Å². The van der Waals surface area contributed by atoms with Crippen LogP contribution in [0.25, 0.3) is 0 Å². The lowest BCUT2D eigenvalue weighted by Crippen LogP contribution is -2.33. The van der Waals surface area contributed by atoms with Crippen LogP contribution in [0.5, 0.6) is 0 Å². The predicted molar refractivity (Wildman–Crippen MR) is 72.0 cm³/mol. The van der Waals surface area contributed by atoms with E-state index in [9.17, 15) is 4.79 Å². The Labute approximate surface area is 110 Å². The molecule has 102 valence electrons. The Morgan fingerprint density at radius 1 is 1.11 bits per heavy atom. The highest BCUT2D eigenvalue weighted by Gasteiger charge is 2.39. The molecule has 2 aliphatic rings. The van der Waals surface area contributed by atoms with E-state index in [4.69, 9.17) is 5.11 Å². The molecule has 0 saturated heterocycles. The van der Waals surface area contributed by atoms with Crippen molar-refractivity contribution in [3.8, 4) is 0 Å². The third-order valence-electron chi connectivity index (χ3n) is 4.25. The van der Waals surface area contributed by atoms with Crippen LogP contribution in [0.4, 0.5) is 0 Å². The minimum atomic E-state index is 0.245. The molecule has 3 unspecified atom stereocenters. The molecule has 0 radical (unpaired) electrons. The number of allylic oxidation sites excluding steroid dienone is 2. The highest BCUT2D eigenvalue weighted by atomic mass is 16.2. The number of aliphatic hydroxyl groups excluding tert-OH is 1. The van der Waals surface area contributed by atoms with Gasteiger partial charge in [-0.1, -0.05) is 31.4 Å². The molecule has 2 rings (SSSR count). The van der Waals surface area contributed by atoms with Gasteiger partial charge in [-0.25, -0.2) is 0 Å². The first-order valence-corrected chi connectivity index (χ1v) is 7.38. The summed E-state index contributed by atoms with van der Waals surface area (Å²) >= 11 is 0. The fraction of sp³-hybridized carbons (Fsp3) is 0.800. The molecule has 2 N–H and O–H groups in total. The van der Waals surface area contributed by atoms with Gasteiger partial charge in [0.15, 0.2) is 0 Å². The number of unbranched alkanes of at least 4 members (excludes halogenated alkanes) is 4. The average molecular weight is 251 g/mol. The molecule has 1 saturated carbocycles. The maximum absolute atomic E-state index is 12.0. The number of carbonyl (C=O) groups excluding carboxylic acids is 1. The Hall–Kier alpha value is -0.830. The summed E-state index contributed by atoms with van der Waals surface area (Å²) in [7, 11) is 0. The molecule has 3 nitrogen and oxygen atoms in total. The number of aliphatic hydroxyl groups is 1. The molecule has 3 atom stereocenters. The second-order valence-electron chi connectivity index (χ2n) is 5.67. The van der Waals surface area contributed by atoms with Crippen LogP contribution in [-0.4, -0.2) is 24.2 Å². The fourth-order valence-corrected chi connectivity index (χ4v) is 3.19. The quantitative estimate of drug-likeness (QED) is 0.513. The van der Waals surface area contributed by atoms with Crippen molar-refractivity contribution in [1.82, 2.24) is 5.32 Å². The van der Waals surface area contributed by atoms with Crippen LogP contribution in [0.15, 0.2) is 12.2 Å². The lowest BCUT2D eigenvalue weighted by molar-refractivity contribution is -0.125. The van der Waals surface area contributed by atoms with Crippen LogP contribution < -0.4 is 5.32 Å². The topological polar surface area (TPSA) is 49.3 Å². The lowest BCUT2D eigenvalue weighted by Gasteiger charge is -2.17. The summed E-state index contributed by atoms with van der Waals surface area (Å²) in [4.78, 5) is 12.0. The summed E-state index contributed by atoms with van der Waals surface area (Å²) in [6.07, 6.45) is 12.1. The molecular formula is C15H25NO2. The third-order valence-corrected chi connectivity index (χ3v) is 4.25. The van der Waals surface area contributed by atoms with Crippen molar-refractivity contribution in [3.63, 3.8) is 0 Å². The first kappa shape index (κ1) is 13.6. The van der Waals surface area contributed by atoms with Crippen LogP contribution in [0, 0.1) is 17.8 Å². The SMILES string of the molecule is O=C(NCCCCCCCO)C1CC2C=CC1C2. The van der Waals surface area contributed by atoms with E-state index in [0.717, 1.165) is 45.1 Å². The van der Waals surface area contributed by atoms with Gasteiger partial charge in [0.1, 0.15) is 0 Å². The third kappa shape index (κ3) is 3.58. The molecular weight excluding hydrogens is 226 g/mol. The van der Waals surface area contributed by atoms with Crippen molar-refractivity contribution in [2.24, 2.45) is 17.8 Å². The molecule has 2 aliphatic carbocycles. The van der Waals surface area contributed by atoms with E-state index in [1.165, 1.54) is 6.42 Å². The van der Waals surface area contributed by atoms with E-state index in [1.54, 1.807) is 0 Å². The van der Waals surface area contributed by atoms with E-state index in [-0.39, 0.29) is 11.8 Å². The highest BCUT2D eigenvalue weighted by Crippen LogP contribution is 2.43. The molecule has 0 heterocycles. The first-order chi connectivity index (χ1) is 8.81. The van der Waals surface area contributed by atoms with Gasteiger partial charge in [0.05, 0.1) is 0 Å². The van der Waals surface area contributed by atoms with Gasteiger partial charge in [0.2, 0.25) is 5.91 Å². The largest absolute Gasteiger partial charge is 0.396 e. The maximum Gasteiger partial charge on any atom is 0.223 e. The summed E-state index contributed by atoms with van der Waals surface area (Å²) in [6.45, 7) is 1.12. The highest BCUT2D eigenvalue weighted by molar-refractivity contribution is 5.79. The number of hydrogen-bond acceptors (Lipinski definition) is 2. The molecule has 2 bridgehead atoms. The Morgan fingerprint density at radius 3 is 2.56 bits per heavy atom. The second-order valence-corrected chi connectivity index (χ2v) is 5.67. The average Bonchev–Trinajstić information content (AvgIpc) is 2.99. The Bertz CT molecular complexity index is 301. The molecule has 3 heteroatoms. The zero-order valence-electron chi connectivity index (χ0n) is 11.1. The normalized spacial score (nSPS) is 28.8. The van der Waals surface area contributed by atoms with E-state index in [0.29, 0.717) is 18.4 Å². The van der Waals surface area contributed by atoms with Gasteiger partial charge in [-0.15, -0.1) is 0 Å². The smallest absolute Gasteiger partial charge is 0.223 e. The van der Waals surface area contributed by atoms with Crippen LogP contribution in [-0.2, 0) is 4.79 Å². The monoisotopic (exact) mass is 251 g/mol. The van der Waals surface area contributed by atoms with Crippen molar-refractivity contribution >= 4 is 5.91 Å². The van der Waals surface area contributed by atoms with Gasteiger partial charge in [0, 0.05) is 19.1 Å². The number of carbonyl (C=O) groups is 1. The fourth-order valence-electron chi connectivity index (χ4n) is 3.19. The van der Waals surface area contributed by atoms with Crippen LogP contribution in [0.1, 0.15) is 44.9 Å². The number of fused-ring (bicyclic) bond motifs is 2. The van der Waals surface area contributed by atoms with Crippen molar-refractivity contribution < 1.29 is 9.90 Å². The van der Waals surface area contributed by atoms with Gasteiger partial charge in [-0.3, -0.25) is 4.79 Å². The summed E-state index contributed by atoms with van der Waals surface area (Å²) in [5.41, 5.74) is 0. The Morgan fingerprint density at radius 2 is 1.89 bits per heavy atom. The summed E-state index contributed by atoms with van der Waals surface area (Å²) in [6, 6.07) is 0. The van der Waals surface area contributed by atoms with Crippen molar-refractivity contribution in [1.29, 1.82) is 0 Å². The van der Waals surface area contributed by atoms with Crippen LogP contribution >= 0.6 is 0 Å². The summed E-state index contributed by atoms with van der Waals surface area (Å²) in [5.74, 6) is 1.69. The van der Waals surface area contributed by atoms with E-state index in [2.05, 4.69) is 17.5 Å². The molecule has 0 aromatic heterocycles. The van der Waals surface area contributed by atoms with Crippen LogP contribution in [0.3, 0.4) is 0 Å². The zero-order chi connectivity index (χ0) is 12.8. The lowest BCUT2D eigenvalue weighted by atomic mass is 9.93. The standard InChI is InChI=1S/C15H25NO2/c17-9-5-3-1-2-4-8-16-15(18)14-11-12-6-7-13(14)10-12/h6-7,12-14,17H,1-5,8-11H2,(H,16,18). The van der Waals surface area contributed by atoms with Crippen molar-refractivity contribution in [2.75, 3.05) is 13.2 Å². The molecule has 1 amide bonds. The number of rotatable bonds is 8. The Kier molecular flexibility index (Phi) is 5.24. The molecule has 0 aromatic carbocycles. The number of nitrogens with one attached hydrogen (secondary N) is 1. The summed E-state index contributed by atoms with van der Waals surface area (Å²) in [5, 5.41) is 11.7. The summed E-state index contributed by atoms with van der Waals surface area (Å²) < 4.78 is 0. The molecule has 18 heavy (non-hydrogen) atoms. The van der Waals surface area contributed by atoms with Crippen LogP contribution in [0.2, 0.25) is 0 Å². The zero-order valence-corrected chi connectivity index (χ0v) is 11.1. The predicted octanol–water partition coefficient (Wildman–Crippen LogP) is 2.26. The first-order valence-electron chi connectivity index (χ1n) is 7.38. The second kappa shape index (κ2) is 6.93. The minimum absolute atomic E-state index is 0.245. The van der Waals surface area contributed by atoms with Crippen molar-refractivity contribution in [2.45, 2.75) is 44.9 Å². The Balaban J connectivity index is 1.52. The van der Waals surface area contributed by atoms with E-state index >= 15 is 0 Å². The van der Waals surface area contributed by atoms with Crippen molar-refractivity contribution in [3.05, 3.63) is 12.2 Å². The van der Waals surface area contributed by atoms with Gasteiger partial charge in [-0.05, 0) is 37.5 Å². The molecule has 0 aromatic rings. The van der Waals surface area contributed by atoms with Gasteiger partial charge < -0.3 is 10.4 Å².